The van der Waals surface area contributed by atoms with Crippen LogP contribution in [0.4, 0.5) is 0 Å². The Morgan fingerprint density at radius 1 is 0.923 bits per heavy atom. The third-order valence-electron chi connectivity index (χ3n) is 2.35. The molecule has 13 heavy (non-hydrogen) atoms. The van der Waals surface area contributed by atoms with E-state index in [4.69, 9.17) is 10.8 Å². The van der Waals surface area contributed by atoms with Gasteiger partial charge in [-0.2, -0.15) is 0 Å². The Morgan fingerprint density at radius 3 is 1.85 bits per heavy atom. The molecule has 0 rings (SSSR count). The van der Waals surface area contributed by atoms with Crippen molar-refractivity contribution in [2.75, 3.05) is 0 Å². The zero-order valence-electron chi connectivity index (χ0n) is 8.97. The molecule has 2 nitrogen and oxygen atoms in total. The molecule has 0 heterocycles. The Hall–Kier alpha value is -0.0800. The predicted molar refractivity (Wildman–Crippen MR) is 57.4 cm³/mol. The van der Waals surface area contributed by atoms with Crippen LogP contribution < -0.4 is 5.73 Å². The minimum atomic E-state index is -0.597. The molecular formula is C11H25NO. The smallest absolute Gasteiger partial charge is 0.102 e. The lowest BCUT2D eigenvalue weighted by molar-refractivity contribution is 0.168. The van der Waals surface area contributed by atoms with E-state index < -0.39 is 6.23 Å². The number of hydrogen-bond acceptors (Lipinski definition) is 2. The summed E-state index contributed by atoms with van der Waals surface area (Å²) in [6, 6.07) is 0. The molecule has 0 fully saturated rings. The van der Waals surface area contributed by atoms with E-state index in [-0.39, 0.29) is 0 Å². The van der Waals surface area contributed by atoms with Gasteiger partial charge in [0, 0.05) is 0 Å². The van der Waals surface area contributed by atoms with E-state index in [1.807, 2.05) is 0 Å². The number of hydrogen-bond donors (Lipinski definition) is 2. The fourth-order valence-corrected chi connectivity index (χ4v) is 1.49. The summed E-state index contributed by atoms with van der Waals surface area (Å²) in [7, 11) is 0. The minimum Gasteiger partial charge on any atom is -0.379 e. The van der Waals surface area contributed by atoms with Gasteiger partial charge in [0.15, 0.2) is 0 Å². The number of aliphatic hydroxyl groups is 1. The zero-order valence-corrected chi connectivity index (χ0v) is 8.97. The topological polar surface area (TPSA) is 46.2 Å². The van der Waals surface area contributed by atoms with Gasteiger partial charge in [-0.15, -0.1) is 0 Å². The van der Waals surface area contributed by atoms with Crippen molar-refractivity contribution in [1.29, 1.82) is 0 Å². The lowest BCUT2D eigenvalue weighted by atomic mass is 10.1. The van der Waals surface area contributed by atoms with Crippen LogP contribution in [0.2, 0.25) is 0 Å². The Balaban J connectivity index is 2.84. The van der Waals surface area contributed by atoms with E-state index in [0.717, 1.165) is 12.8 Å². The first-order valence-electron chi connectivity index (χ1n) is 5.71. The molecule has 0 aromatic carbocycles. The van der Waals surface area contributed by atoms with E-state index in [1.54, 1.807) is 0 Å². The molecule has 0 aliphatic carbocycles. The number of nitrogens with two attached hydrogens (primary N) is 1. The highest BCUT2D eigenvalue weighted by molar-refractivity contribution is 4.48. The van der Waals surface area contributed by atoms with E-state index in [2.05, 4.69) is 6.92 Å². The van der Waals surface area contributed by atoms with Gasteiger partial charge in [0.2, 0.25) is 0 Å². The van der Waals surface area contributed by atoms with Crippen LogP contribution >= 0.6 is 0 Å². The normalized spacial score (nSPS) is 13.2. The molecule has 80 valence electrons. The molecule has 1 unspecified atom stereocenters. The summed E-state index contributed by atoms with van der Waals surface area (Å²) in [4.78, 5) is 0. The molecule has 3 N–H and O–H groups in total. The van der Waals surface area contributed by atoms with Crippen molar-refractivity contribution < 1.29 is 5.11 Å². The summed E-state index contributed by atoms with van der Waals surface area (Å²) in [6.07, 6.45) is 10.6. The highest BCUT2D eigenvalue weighted by Gasteiger charge is 1.95. The van der Waals surface area contributed by atoms with Gasteiger partial charge in [-0.25, -0.2) is 0 Å². The molecule has 0 saturated carbocycles. The largest absolute Gasteiger partial charge is 0.379 e. The quantitative estimate of drug-likeness (QED) is 0.430. The van der Waals surface area contributed by atoms with E-state index >= 15 is 0 Å². The van der Waals surface area contributed by atoms with Crippen molar-refractivity contribution in [2.24, 2.45) is 5.73 Å². The summed E-state index contributed by atoms with van der Waals surface area (Å²) < 4.78 is 0. The third-order valence-corrected chi connectivity index (χ3v) is 2.35. The van der Waals surface area contributed by atoms with Crippen LogP contribution in [0, 0.1) is 0 Å². The maximum absolute atomic E-state index is 8.80. The van der Waals surface area contributed by atoms with Gasteiger partial charge in [0.25, 0.3) is 0 Å². The summed E-state index contributed by atoms with van der Waals surface area (Å²) in [6.45, 7) is 2.24. The molecule has 2 heteroatoms. The predicted octanol–water partition coefficient (Wildman–Crippen LogP) is 2.79. The van der Waals surface area contributed by atoms with Crippen molar-refractivity contribution in [2.45, 2.75) is 70.9 Å². The molecule has 0 saturated heterocycles. The van der Waals surface area contributed by atoms with Gasteiger partial charge in [-0.1, -0.05) is 51.9 Å². The van der Waals surface area contributed by atoms with Crippen molar-refractivity contribution in [3.05, 3.63) is 0 Å². The fraction of sp³-hybridized carbons (Fsp3) is 1.00. The summed E-state index contributed by atoms with van der Waals surface area (Å²) in [5, 5.41) is 8.80. The standard InChI is InChI=1S/C11H25NO/c1-2-3-4-5-6-7-8-9-10-11(12)13/h11,13H,2-10,12H2,1H3. The minimum absolute atomic E-state index is 0.597. The first-order valence-corrected chi connectivity index (χ1v) is 5.71. The average Bonchev–Trinajstić information content (AvgIpc) is 2.09. The average molecular weight is 187 g/mol. The number of rotatable bonds is 9. The van der Waals surface area contributed by atoms with Gasteiger partial charge < -0.3 is 10.8 Å². The molecule has 0 bridgehead atoms. The van der Waals surface area contributed by atoms with Crippen LogP contribution in [-0.2, 0) is 0 Å². The Labute approximate surface area is 82.5 Å². The SMILES string of the molecule is CCCCCCCCCCC(N)O. The van der Waals surface area contributed by atoms with Gasteiger partial charge >= 0.3 is 0 Å². The van der Waals surface area contributed by atoms with Gasteiger partial charge in [0.1, 0.15) is 6.23 Å². The van der Waals surface area contributed by atoms with Gasteiger partial charge in [0.05, 0.1) is 0 Å². The lowest BCUT2D eigenvalue weighted by Gasteiger charge is -2.03. The molecule has 0 aromatic heterocycles. The molecule has 0 spiro atoms. The van der Waals surface area contributed by atoms with Crippen molar-refractivity contribution in [3.8, 4) is 0 Å². The van der Waals surface area contributed by atoms with E-state index in [9.17, 15) is 0 Å². The molecule has 0 aliphatic rings. The maximum atomic E-state index is 8.80. The zero-order chi connectivity index (χ0) is 9.94. The van der Waals surface area contributed by atoms with Crippen LogP contribution in [-0.4, -0.2) is 11.3 Å². The monoisotopic (exact) mass is 187 g/mol. The van der Waals surface area contributed by atoms with Crippen molar-refractivity contribution >= 4 is 0 Å². The molecule has 0 aromatic rings. The molecular weight excluding hydrogens is 162 g/mol. The molecule has 0 radical (unpaired) electrons. The highest BCUT2D eigenvalue weighted by Crippen LogP contribution is 2.09. The van der Waals surface area contributed by atoms with Crippen LogP contribution in [0.1, 0.15) is 64.7 Å². The third kappa shape index (κ3) is 11.9. The van der Waals surface area contributed by atoms with E-state index in [0.29, 0.717) is 0 Å². The van der Waals surface area contributed by atoms with Gasteiger partial charge in [-0.3, -0.25) is 0 Å². The highest BCUT2D eigenvalue weighted by atomic mass is 16.3. The van der Waals surface area contributed by atoms with Crippen LogP contribution in [0.3, 0.4) is 0 Å². The van der Waals surface area contributed by atoms with Crippen molar-refractivity contribution in [1.82, 2.24) is 0 Å². The second-order valence-electron chi connectivity index (χ2n) is 3.83. The second-order valence-corrected chi connectivity index (χ2v) is 3.83. The summed E-state index contributed by atoms with van der Waals surface area (Å²) in [5.41, 5.74) is 5.23. The number of aliphatic hydroxyl groups excluding tert-OH is 1. The fourth-order valence-electron chi connectivity index (χ4n) is 1.49. The molecule has 0 amide bonds. The number of unbranched alkanes of at least 4 members (excludes halogenated alkanes) is 7. The maximum Gasteiger partial charge on any atom is 0.102 e. The summed E-state index contributed by atoms with van der Waals surface area (Å²) in [5.74, 6) is 0. The van der Waals surface area contributed by atoms with Crippen molar-refractivity contribution in [3.63, 3.8) is 0 Å². The molecule has 1 atom stereocenters. The Kier molecular flexibility index (Phi) is 9.94. The second kappa shape index (κ2) is 10.0. The van der Waals surface area contributed by atoms with Crippen LogP contribution in [0.5, 0.6) is 0 Å². The lowest BCUT2D eigenvalue weighted by Crippen LogP contribution is -2.17. The first-order chi connectivity index (χ1) is 6.27. The molecule has 0 aliphatic heterocycles. The van der Waals surface area contributed by atoms with Gasteiger partial charge in [-0.05, 0) is 12.8 Å². The first kappa shape index (κ1) is 12.9. The Bertz CT molecular complexity index is 94.1. The summed E-state index contributed by atoms with van der Waals surface area (Å²) >= 11 is 0. The van der Waals surface area contributed by atoms with E-state index in [1.165, 1.54) is 44.9 Å². The van der Waals surface area contributed by atoms with Crippen LogP contribution in [0.15, 0.2) is 0 Å². The van der Waals surface area contributed by atoms with Crippen LogP contribution in [0.25, 0.3) is 0 Å². The Morgan fingerprint density at radius 2 is 1.38 bits per heavy atom.